The molecule has 1 aliphatic heterocycles. The number of piperidine rings is 1. The molecule has 3 rings (SSSR count). The average molecular weight is 327 g/mol. The number of aromatic nitrogens is 3. The van der Waals surface area contributed by atoms with Gasteiger partial charge in [-0.3, -0.25) is 14.6 Å². The highest BCUT2D eigenvalue weighted by Gasteiger charge is 2.23. The van der Waals surface area contributed by atoms with Crippen molar-refractivity contribution in [3.05, 3.63) is 52.1 Å². The summed E-state index contributed by atoms with van der Waals surface area (Å²) in [5.41, 5.74) is 1.24. The van der Waals surface area contributed by atoms with Crippen LogP contribution in [0.4, 0.5) is 5.82 Å². The topological polar surface area (TPSA) is 80.1 Å². The quantitative estimate of drug-likeness (QED) is 0.905. The first-order valence-electron chi connectivity index (χ1n) is 8.06. The molecule has 0 bridgehead atoms. The average Bonchev–Trinajstić information content (AvgIpc) is 2.58. The zero-order chi connectivity index (χ0) is 17.1. The Morgan fingerprint density at radius 3 is 2.67 bits per heavy atom. The Labute approximate surface area is 140 Å². The van der Waals surface area contributed by atoms with Gasteiger partial charge in [0.15, 0.2) is 0 Å². The van der Waals surface area contributed by atoms with Crippen molar-refractivity contribution in [3.8, 4) is 0 Å². The molecule has 0 saturated carbocycles. The van der Waals surface area contributed by atoms with Gasteiger partial charge >= 0.3 is 0 Å². The van der Waals surface area contributed by atoms with Gasteiger partial charge in [0.25, 0.3) is 11.5 Å². The second-order valence-corrected chi connectivity index (χ2v) is 6.06. The molecular weight excluding hydrogens is 306 g/mol. The molecule has 126 valence electrons. The fourth-order valence-electron chi connectivity index (χ4n) is 2.89. The van der Waals surface area contributed by atoms with E-state index in [1.165, 1.54) is 10.7 Å². The first-order chi connectivity index (χ1) is 11.5. The molecule has 2 aromatic rings. The van der Waals surface area contributed by atoms with Crippen molar-refractivity contribution in [1.29, 1.82) is 0 Å². The van der Waals surface area contributed by atoms with Crippen LogP contribution in [0, 0.1) is 6.92 Å². The maximum atomic E-state index is 12.3. The Morgan fingerprint density at radius 1 is 1.25 bits per heavy atom. The van der Waals surface area contributed by atoms with Crippen LogP contribution in [0.1, 0.15) is 28.9 Å². The van der Waals surface area contributed by atoms with Crippen LogP contribution in [0.2, 0.25) is 0 Å². The number of hydrogen-bond acceptors (Lipinski definition) is 5. The van der Waals surface area contributed by atoms with E-state index < -0.39 is 0 Å². The fourth-order valence-corrected chi connectivity index (χ4v) is 2.89. The summed E-state index contributed by atoms with van der Waals surface area (Å²) >= 11 is 0. The van der Waals surface area contributed by atoms with Crippen molar-refractivity contribution < 1.29 is 4.79 Å². The van der Waals surface area contributed by atoms with E-state index in [9.17, 15) is 9.59 Å². The van der Waals surface area contributed by atoms with Gasteiger partial charge in [-0.15, -0.1) is 0 Å². The summed E-state index contributed by atoms with van der Waals surface area (Å²) < 4.78 is 1.34. The third kappa shape index (κ3) is 3.45. The molecule has 0 unspecified atom stereocenters. The number of amides is 1. The highest BCUT2D eigenvalue weighted by Crippen LogP contribution is 2.17. The summed E-state index contributed by atoms with van der Waals surface area (Å²) in [6.07, 6.45) is 3.31. The minimum Gasteiger partial charge on any atom is -0.355 e. The first kappa shape index (κ1) is 16.2. The zero-order valence-corrected chi connectivity index (χ0v) is 13.9. The normalized spacial score (nSPS) is 15.3. The van der Waals surface area contributed by atoms with E-state index in [2.05, 4.69) is 20.3 Å². The summed E-state index contributed by atoms with van der Waals surface area (Å²) in [7, 11) is 1.65. The number of pyridine rings is 1. The Balaban J connectivity index is 1.59. The lowest BCUT2D eigenvalue weighted by Crippen LogP contribution is -2.45. The number of anilines is 1. The van der Waals surface area contributed by atoms with Crippen molar-refractivity contribution in [2.75, 3.05) is 18.0 Å². The van der Waals surface area contributed by atoms with Gasteiger partial charge in [-0.05, 0) is 37.5 Å². The minimum atomic E-state index is -0.119. The summed E-state index contributed by atoms with van der Waals surface area (Å²) in [5.74, 6) is 0.675. The highest BCUT2D eigenvalue weighted by atomic mass is 16.2. The van der Waals surface area contributed by atoms with Gasteiger partial charge in [0.2, 0.25) is 0 Å². The van der Waals surface area contributed by atoms with Crippen molar-refractivity contribution in [3.63, 3.8) is 0 Å². The number of carbonyl (C=O) groups excluding carboxylic acids is 1. The van der Waals surface area contributed by atoms with Gasteiger partial charge in [-0.2, -0.15) is 5.10 Å². The van der Waals surface area contributed by atoms with E-state index in [1.807, 2.05) is 19.1 Å². The minimum absolute atomic E-state index is 0.119. The molecule has 0 radical (unpaired) electrons. The molecular formula is C17H21N5O2. The van der Waals surface area contributed by atoms with Gasteiger partial charge < -0.3 is 10.2 Å². The third-order valence-corrected chi connectivity index (χ3v) is 4.33. The third-order valence-electron chi connectivity index (χ3n) is 4.33. The molecule has 0 aromatic carbocycles. The smallest absolute Gasteiger partial charge is 0.270 e. The first-order valence-corrected chi connectivity index (χ1v) is 8.06. The largest absolute Gasteiger partial charge is 0.355 e. The van der Waals surface area contributed by atoms with Gasteiger partial charge in [-0.25, -0.2) is 4.68 Å². The van der Waals surface area contributed by atoms with Gasteiger partial charge in [-0.1, -0.05) is 6.07 Å². The Kier molecular flexibility index (Phi) is 4.59. The predicted molar refractivity (Wildman–Crippen MR) is 91.2 cm³/mol. The monoisotopic (exact) mass is 327 g/mol. The predicted octanol–water partition coefficient (Wildman–Crippen LogP) is 0.883. The fraction of sp³-hybridized carbons (Fsp3) is 0.412. The van der Waals surface area contributed by atoms with Crippen molar-refractivity contribution in [2.45, 2.75) is 25.8 Å². The summed E-state index contributed by atoms with van der Waals surface area (Å²) in [4.78, 5) is 30.0. The lowest BCUT2D eigenvalue weighted by Gasteiger charge is -2.33. The lowest BCUT2D eigenvalue weighted by molar-refractivity contribution is 0.0925. The van der Waals surface area contributed by atoms with E-state index >= 15 is 0 Å². The van der Waals surface area contributed by atoms with Crippen molar-refractivity contribution in [1.82, 2.24) is 20.1 Å². The van der Waals surface area contributed by atoms with Crippen LogP contribution in [-0.4, -0.2) is 39.8 Å². The standard InChI is InChI=1S/C17H21N5O2/c1-12-4-3-9-18-16(12)17(24)19-13-7-10-22(11-8-13)14-5-6-15(23)21(2)20-14/h3-6,9,13H,7-8,10-11H2,1-2H3,(H,19,24). The van der Waals surface area contributed by atoms with Crippen molar-refractivity contribution in [2.24, 2.45) is 7.05 Å². The van der Waals surface area contributed by atoms with Crippen LogP contribution in [0.3, 0.4) is 0 Å². The van der Waals surface area contributed by atoms with Crippen LogP contribution in [0.25, 0.3) is 0 Å². The SMILES string of the molecule is Cc1cccnc1C(=O)NC1CCN(c2ccc(=O)n(C)n2)CC1. The number of nitrogens with one attached hydrogen (secondary N) is 1. The van der Waals surface area contributed by atoms with Crippen LogP contribution in [0.5, 0.6) is 0 Å². The molecule has 0 atom stereocenters. The van der Waals surface area contributed by atoms with E-state index in [4.69, 9.17) is 0 Å². The molecule has 1 fully saturated rings. The number of carbonyl (C=O) groups is 1. The molecule has 7 nitrogen and oxygen atoms in total. The summed E-state index contributed by atoms with van der Waals surface area (Å²) in [6, 6.07) is 7.11. The molecule has 1 N–H and O–H groups in total. The Morgan fingerprint density at radius 2 is 2.00 bits per heavy atom. The number of aryl methyl sites for hydroxylation is 2. The van der Waals surface area contributed by atoms with Gasteiger partial charge in [0.1, 0.15) is 11.5 Å². The van der Waals surface area contributed by atoms with E-state index in [1.54, 1.807) is 19.3 Å². The highest BCUT2D eigenvalue weighted by molar-refractivity contribution is 5.93. The van der Waals surface area contributed by atoms with E-state index in [-0.39, 0.29) is 17.5 Å². The number of nitrogens with zero attached hydrogens (tertiary/aromatic N) is 4. The van der Waals surface area contributed by atoms with Gasteiger partial charge in [0, 0.05) is 38.4 Å². The summed E-state index contributed by atoms with van der Waals surface area (Å²) in [5, 5.41) is 7.34. The van der Waals surface area contributed by atoms with Crippen LogP contribution in [0.15, 0.2) is 35.3 Å². The van der Waals surface area contributed by atoms with Crippen LogP contribution in [-0.2, 0) is 7.05 Å². The summed E-state index contributed by atoms with van der Waals surface area (Å²) in [6.45, 7) is 3.46. The molecule has 3 heterocycles. The molecule has 24 heavy (non-hydrogen) atoms. The Bertz CT molecular complexity index is 794. The van der Waals surface area contributed by atoms with Crippen LogP contribution < -0.4 is 15.8 Å². The van der Waals surface area contributed by atoms with E-state index in [0.717, 1.165) is 37.3 Å². The van der Waals surface area contributed by atoms with Crippen LogP contribution >= 0.6 is 0 Å². The molecule has 1 saturated heterocycles. The second-order valence-electron chi connectivity index (χ2n) is 6.06. The number of rotatable bonds is 3. The number of hydrogen-bond donors (Lipinski definition) is 1. The molecule has 1 aliphatic rings. The lowest BCUT2D eigenvalue weighted by atomic mass is 10.0. The molecule has 2 aromatic heterocycles. The molecule has 7 heteroatoms. The van der Waals surface area contributed by atoms with Gasteiger partial charge in [0.05, 0.1) is 0 Å². The Hall–Kier alpha value is -2.70. The van der Waals surface area contributed by atoms with E-state index in [0.29, 0.717) is 5.69 Å². The molecule has 1 amide bonds. The maximum Gasteiger partial charge on any atom is 0.270 e. The molecule has 0 spiro atoms. The van der Waals surface area contributed by atoms with Crippen molar-refractivity contribution >= 4 is 11.7 Å². The molecule has 0 aliphatic carbocycles. The maximum absolute atomic E-state index is 12.3. The zero-order valence-electron chi connectivity index (χ0n) is 13.9. The second kappa shape index (κ2) is 6.82.